The lowest BCUT2D eigenvalue weighted by Gasteiger charge is -2.07. The molecule has 0 saturated carbocycles. The molecule has 1 aromatic rings. The molecule has 8 nitrogen and oxygen atoms in total. The van der Waals surface area contributed by atoms with Gasteiger partial charge in [0.25, 0.3) is 0 Å². The Labute approximate surface area is 123 Å². The van der Waals surface area contributed by atoms with Crippen LogP contribution in [0.4, 0.5) is 0 Å². The Balaban J connectivity index is 2.11. The number of hydrogen-bond donors (Lipinski definition) is 0. The highest BCUT2D eigenvalue weighted by molar-refractivity contribution is 5.86. The first-order valence-electron chi connectivity index (χ1n) is 6.45. The maximum absolute atomic E-state index is 11.3. The lowest BCUT2D eigenvalue weighted by Crippen LogP contribution is -2.13. The van der Waals surface area contributed by atoms with Gasteiger partial charge in [-0.05, 0) is 0 Å². The Bertz CT molecular complexity index is 415. The number of rotatable bonds is 11. The van der Waals surface area contributed by atoms with E-state index in [2.05, 4.69) is 14.7 Å². The van der Waals surface area contributed by atoms with Gasteiger partial charge in [0.15, 0.2) is 5.69 Å². The van der Waals surface area contributed by atoms with Gasteiger partial charge in [-0.1, -0.05) is 0 Å². The molecule has 0 aliphatic carbocycles. The summed E-state index contributed by atoms with van der Waals surface area (Å²) in [6, 6.07) is 0. The fraction of sp³-hybridized carbons (Fsp3) is 0.615. The third-order valence-corrected chi connectivity index (χ3v) is 2.29. The van der Waals surface area contributed by atoms with E-state index < -0.39 is 5.97 Å². The molecule has 0 fully saturated rings. The molecule has 0 atom stereocenters. The molecule has 0 radical (unpaired) electrons. The minimum Gasteiger partial charge on any atom is -0.474 e. The number of carbonyl (C=O) groups is 1. The molecule has 0 aliphatic rings. The summed E-state index contributed by atoms with van der Waals surface area (Å²) in [5.41, 5.74) is 0.0995. The largest absolute Gasteiger partial charge is 0.474 e. The number of aromatic nitrogens is 2. The first-order valence-corrected chi connectivity index (χ1v) is 6.45. The van der Waals surface area contributed by atoms with Crippen LogP contribution in [0.25, 0.3) is 0 Å². The van der Waals surface area contributed by atoms with E-state index in [0.717, 1.165) is 0 Å². The number of methoxy groups -OCH3 is 2. The first kappa shape index (κ1) is 17.3. The number of hydrogen-bond acceptors (Lipinski definition) is 8. The Morgan fingerprint density at radius 1 is 1.00 bits per heavy atom. The topological polar surface area (TPSA) is 89.0 Å². The van der Waals surface area contributed by atoms with Crippen LogP contribution in [0.1, 0.15) is 10.5 Å². The van der Waals surface area contributed by atoms with Gasteiger partial charge in [-0.2, -0.15) is 0 Å². The monoisotopic (exact) mass is 300 g/mol. The summed E-state index contributed by atoms with van der Waals surface area (Å²) in [4.78, 5) is 19.1. The van der Waals surface area contributed by atoms with Crippen molar-refractivity contribution in [1.82, 2.24) is 9.97 Å². The number of ether oxygens (including phenoxy) is 5. The summed E-state index contributed by atoms with van der Waals surface area (Å²) in [6.07, 6.45) is 2.73. The van der Waals surface area contributed by atoms with Gasteiger partial charge in [0.05, 0.1) is 52.5 Å². The standard InChI is InChI=1S/C13H20N2O6/c1-17-3-4-19-5-6-20-7-8-21-12-10-14-9-11(15-12)13(16)18-2/h9-10H,3-8H2,1-2H3. The van der Waals surface area contributed by atoms with Crippen molar-refractivity contribution < 1.29 is 28.5 Å². The maximum atomic E-state index is 11.3. The van der Waals surface area contributed by atoms with Gasteiger partial charge in [0, 0.05) is 7.11 Å². The number of nitrogens with zero attached hydrogens (tertiary/aromatic N) is 2. The third kappa shape index (κ3) is 7.54. The fourth-order valence-electron chi connectivity index (χ4n) is 1.29. The highest BCUT2D eigenvalue weighted by Gasteiger charge is 2.08. The van der Waals surface area contributed by atoms with Crippen molar-refractivity contribution in [1.29, 1.82) is 0 Å². The molecule has 118 valence electrons. The van der Waals surface area contributed by atoms with Gasteiger partial charge in [0.1, 0.15) is 6.61 Å². The maximum Gasteiger partial charge on any atom is 0.358 e. The van der Waals surface area contributed by atoms with Crippen LogP contribution in [0.3, 0.4) is 0 Å². The molecular weight excluding hydrogens is 280 g/mol. The molecule has 0 bridgehead atoms. The Morgan fingerprint density at radius 2 is 1.67 bits per heavy atom. The minimum absolute atomic E-state index is 0.0995. The predicted molar refractivity (Wildman–Crippen MR) is 72.4 cm³/mol. The van der Waals surface area contributed by atoms with Crippen molar-refractivity contribution in [2.45, 2.75) is 0 Å². The molecule has 0 saturated heterocycles. The van der Waals surface area contributed by atoms with E-state index in [4.69, 9.17) is 18.9 Å². The Kier molecular flexibility index (Phi) is 9.01. The Morgan fingerprint density at radius 3 is 2.33 bits per heavy atom. The van der Waals surface area contributed by atoms with Crippen LogP contribution in [0.2, 0.25) is 0 Å². The van der Waals surface area contributed by atoms with E-state index in [1.807, 2.05) is 0 Å². The van der Waals surface area contributed by atoms with Gasteiger partial charge >= 0.3 is 5.97 Å². The summed E-state index contributed by atoms with van der Waals surface area (Å²) in [5, 5.41) is 0. The molecule has 0 spiro atoms. The third-order valence-electron chi connectivity index (χ3n) is 2.29. The predicted octanol–water partition coefficient (Wildman–Crippen LogP) is 0.322. The van der Waals surface area contributed by atoms with Crippen molar-refractivity contribution >= 4 is 5.97 Å². The zero-order chi connectivity index (χ0) is 15.3. The van der Waals surface area contributed by atoms with Crippen LogP contribution in [-0.2, 0) is 18.9 Å². The van der Waals surface area contributed by atoms with Gasteiger partial charge in [-0.15, -0.1) is 0 Å². The first-order chi connectivity index (χ1) is 10.3. The second-order valence-electron chi connectivity index (χ2n) is 3.80. The lowest BCUT2D eigenvalue weighted by molar-refractivity contribution is 0.0176. The molecule has 8 heteroatoms. The summed E-state index contributed by atoms with van der Waals surface area (Å²) >= 11 is 0. The van der Waals surface area contributed by atoms with Crippen molar-refractivity contribution in [2.24, 2.45) is 0 Å². The molecule has 0 aromatic carbocycles. The van der Waals surface area contributed by atoms with Gasteiger partial charge in [-0.3, -0.25) is 4.98 Å². The molecular formula is C13H20N2O6. The van der Waals surface area contributed by atoms with Gasteiger partial charge < -0.3 is 23.7 Å². The van der Waals surface area contributed by atoms with E-state index in [9.17, 15) is 4.79 Å². The summed E-state index contributed by atoms with van der Waals surface area (Å²) in [7, 11) is 2.90. The molecule has 21 heavy (non-hydrogen) atoms. The average molecular weight is 300 g/mol. The summed E-state index contributed by atoms with van der Waals surface area (Å²) in [5.74, 6) is -0.310. The molecule has 0 amide bonds. The van der Waals surface area contributed by atoms with Crippen molar-refractivity contribution in [3.8, 4) is 5.88 Å². The van der Waals surface area contributed by atoms with E-state index in [0.29, 0.717) is 39.6 Å². The SMILES string of the molecule is COCCOCCOCCOc1cncc(C(=O)OC)n1. The molecule has 0 unspecified atom stereocenters. The van der Waals surface area contributed by atoms with Gasteiger partial charge in [-0.25, -0.2) is 9.78 Å². The van der Waals surface area contributed by atoms with Crippen LogP contribution in [-0.4, -0.2) is 69.8 Å². The normalized spacial score (nSPS) is 10.4. The lowest BCUT2D eigenvalue weighted by atomic mass is 10.4. The van der Waals surface area contributed by atoms with E-state index in [1.54, 1.807) is 7.11 Å². The van der Waals surface area contributed by atoms with Crippen molar-refractivity contribution in [3.05, 3.63) is 18.1 Å². The number of esters is 1. The fourth-order valence-corrected chi connectivity index (χ4v) is 1.29. The zero-order valence-electron chi connectivity index (χ0n) is 12.2. The molecule has 1 heterocycles. The van der Waals surface area contributed by atoms with Crippen LogP contribution in [0.15, 0.2) is 12.4 Å². The zero-order valence-corrected chi connectivity index (χ0v) is 12.2. The summed E-state index contributed by atoms with van der Waals surface area (Å²) < 4.78 is 25.2. The minimum atomic E-state index is -0.558. The van der Waals surface area contributed by atoms with Crippen LogP contribution in [0, 0.1) is 0 Å². The number of carbonyl (C=O) groups excluding carboxylic acids is 1. The van der Waals surface area contributed by atoms with E-state index >= 15 is 0 Å². The van der Waals surface area contributed by atoms with Crippen molar-refractivity contribution in [3.63, 3.8) is 0 Å². The Hall–Kier alpha value is -1.77. The highest BCUT2D eigenvalue weighted by atomic mass is 16.6. The molecule has 1 rings (SSSR count). The van der Waals surface area contributed by atoms with Crippen LogP contribution >= 0.6 is 0 Å². The van der Waals surface area contributed by atoms with Crippen LogP contribution < -0.4 is 4.74 Å². The van der Waals surface area contributed by atoms with Crippen LogP contribution in [0.5, 0.6) is 5.88 Å². The molecule has 0 N–H and O–H groups in total. The van der Waals surface area contributed by atoms with Crippen molar-refractivity contribution in [2.75, 3.05) is 53.9 Å². The second kappa shape index (κ2) is 11.0. The average Bonchev–Trinajstić information content (AvgIpc) is 2.53. The van der Waals surface area contributed by atoms with Gasteiger partial charge in [0.2, 0.25) is 5.88 Å². The van der Waals surface area contributed by atoms with E-state index in [-0.39, 0.29) is 11.6 Å². The summed E-state index contributed by atoms with van der Waals surface area (Å²) in [6.45, 7) is 2.78. The smallest absolute Gasteiger partial charge is 0.358 e. The highest BCUT2D eigenvalue weighted by Crippen LogP contribution is 2.05. The second-order valence-corrected chi connectivity index (χ2v) is 3.80. The van der Waals surface area contributed by atoms with E-state index in [1.165, 1.54) is 19.5 Å². The molecule has 0 aliphatic heterocycles. The molecule has 1 aromatic heterocycles. The quantitative estimate of drug-likeness (QED) is 0.426.